The monoisotopic (exact) mass is 698 g/mol. The van der Waals surface area contributed by atoms with Crippen molar-refractivity contribution in [3.05, 3.63) is 45.0 Å². The predicted molar refractivity (Wildman–Crippen MR) is 112 cm³/mol. The highest BCUT2D eigenvalue weighted by Gasteiger charge is 2.15. The van der Waals surface area contributed by atoms with E-state index in [1.165, 1.54) is 0 Å². The Balaban J connectivity index is 2.01. The summed E-state index contributed by atoms with van der Waals surface area (Å²) < 4.78 is 15.8. The smallest absolute Gasteiger partial charge is 0.151 e. The summed E-state index contributed by atoms with van der Waals surface area (Å²) in [6.45, 7) is 0.655. The van der Waals surface area contributed by atoms with Crippen LogP contribution in [-0.2, 0) is 0 Å². The zero-order valence-corrected chi connectivity index (χ0v) is 20.7. The quantitative estimate of drug-likeness (QED) is 0.330. The number of benzene rings is 2. The summed E-state index contributed by atoms with van der Waals surface area (Å²) in [5.41, 5.74) is 0. The van der Waals surface area contributed by atoms with E-state index in [-0.39, 0.29) is 5.75 Å². The molecule has 0 unspecified atom stereocenters. The minimum atomic E-state index is 0.0857. The van der Waals surface area contributed by atoms with E-state index in [0.29, 0.717) is 33.7 Å². The normalized spacial score (nSPS) is 10.7. The molecular weight excluding hydrogens is 696 g/mol. The van der Waals surface area contributed by atoms with Gasteiger partial charge in [-0.05, 0) is 97.8 Å². The molecule has 9 heteroatoms. The van der Waals surface area contributed by atoms with E-state index in [1.54, 1.807) is 6.07 Å². The molecule has 0 bridgehead atoms. The van der Waals surface area contributed by atoms with Crippen LogP contribution in [0.5, 0.6) is 17.2 Å². The van der Waals surface area contributed by atoms with Gasteiger partial charge in [0, 0.05) is 4.47 Å². The fraction of sp³-hybridized carbons (Fsp3) is 0.143. The van der Waals surface area contributed by atoms with Crippen LogP contribution in [0.1, 0.15) is 0 Å². The maximum Gasteiger partial charge on any atom is 0.151 e. The predicted octanol–water partition coefficient (Wildman–Crippen LogP) is 7.43. The summed E-state index contributed by atoms with van der Waals surface area (Å²) in [5, 5.41) is 9.90. The number of rotatable bonds is 5. The second kappa shape index (κ2) is 8.89. The highest BCUT2D eigenvalue weighted by molar-refractivity contribution is 9.12. The van der Waals surface area contributed by atoms with Crippen molar-refractivity contribution in [2.75, 3.05) is 13.2 Å². The standard InChI is InChI=1S/C14H8Br6O3/c15-6-3-8(17)13(9(18)4-6)22-1-2-23-14-10(19)5-7(16)12(21)11(14)20/h3-5,21H,1-2H2. The van der Waals surface area contributed by atoms with Gasteiger partial charge in [-0.3, -0.25) is 0 Å². The average molecular weight is 704 g/mol. The van der Waals surface area contributed by atoms with Crippen LogP contribution in [0.15, 0.2) is 45.0 Å². The van der Waals surface area contributed by atoms with Gasteiger partial charge in [-0.15, -0.1) is 0 Å². The Morgan fingerprint density at radius 1 is 0.696 bits per heavy atom. The van der Waals surface area contributed by atoms with Crippen molar-refractivity contribution in [2.24, 2.45) is 0 Å². The van der Waals surface area contributed by atoms with E-state index in [4.69, 9.17) is 9.47 Å². The van der Waals surface area contributed by atoms with Gasteiger partial charge in [0.15, 0.2) is 5.75 Å². The van der Waals surface area contributed by atoms with Crippen LogP contribution < -0.4 is 9.47 Å². The number of ether oxygens (including phenoxy) is 2. The molecule has 0 amide bonds. The minimum absolute atomic E-state index is 0.0857. The van der Waals surface area contributed by atoms with Crippen LogP contribution in [0.2, 0.25) is 0 Å². The van der Waals surface area contributed by atoms with Crippen LogP contribution in [0, 0.1) is 0 Å². The third-order valence-electron chi connectivity index (χ3n) is 2.64. The molecule has 0 aliphatic carbocycles. The van der Waals surface area contributed by atoms with Crippen LogP contribution in [0.3, 0.4) is 0 Å². The average Bonchev–Trinajstić information content (AvgIpc) is 2.46. The van der Waals surface area contributed by atoms with E-state index < -0.39 is 0 Å². The number of hydrogen-bond acceptors (Lipinski definition) is 3. The molecule has 2 rings (SSSR count). The van der Waals surface area contributed by atoms with Crippen molar-refractivity contribution in [3.63, 3.8) is 0 Å². The molecule has 0 fully saturated rings. The first-order valence-corrected chi connectivity index (χ1v) is 10.8. The first kappa shape index (κ1) is 20.0. The van der Waals surface area contributed by atoms with E-state index >= 15 is 0 Å². The Bertz CT molecular complexity index is 712. The van der Waals surface area contributed by atoms with Gasteiger partial charge in [0.1, 0.15) is 29.2 Å². The molecule has 2 aromatic rings. The number of phenolic OH excluding ortho intramolecular Hbond substituents is 1. The molecule has 0 saturated carbocycles. The first-order valence-electron chi connectivity index (χ1n) is 6.08. The lowest BCUT2D eigenvalue weighted by atomic mass is 10.3. The van der Waals surface area contributed by atoms with Gasteiger partial charge in [-0.2, -0.15) is 0 Å². The second-order valence-electron chi connectivity index (χ2n) is 4.23. The Morgan fingerprint density at radius 3 is 1.74 bits per heavy atom. The molecule has 0 radical (unpaired) electrons. The highest BCUT2D eigenvalue weighted by Crippen LogP contribution is 2.44. The number of hydrogen-bond donors (Lipinski definition) is 1. The van der Waals surface area contributed by atoms with Crippen molar-refractivity contribution < 1.29 is 14.6 Å². The van der Waals surface area contributed by atoms with E-state index in [0.717, 1.165) is 17.9 Å². The fourth-order valence-corrected chi connectivity index (χ4v) is 6.49. The summed E-state index contributed by atoms with van der Waals surface area (Å²) in [6.07, 6.45) is 0. The molecule has 0 aromatic heterocycles. The molecule has 3 nitrogen and oxygen atoms in total. The largest absolute Gasteiger partial charge is 0.505 e. The van der Waals surface area contributed by atoms with E-state index in [2.05, 4.69) is 95.6 Å². The molecule has 2 aromatic carbocycles. The summed E-state index contributed by atoms with van der Waals surface area (Å²) in [4.78, 5) is 0. The molecule has 124 valence electrons. The van der Waals surface area contributed by atoms with Crippen molar-refractivity contribution in [1.29, 1.82) is 0 Å². The number of phenols is 1. The molecule has 1 N–H and O–H groups in total. The maximum atomic E-state index is 9.90. The van der Waals surface area contributed by atoms with Crippen molar-refractivity contribution in [3.8, 4) is 17.2 Å². The highest BCUT2D eigenvalue weighted by atomic mass is 79.9. The van der Waals surface area contributed by atoms with Gasteiger partial charge in [0.05, 0.1) is 17.9 Å². The third-order valence-corrected chi connectivity index (χ3v) is 6.21. The van der Waals surface area contributed by atoms with Gasteiger partial charge in [0.25, 0.3) is 0 Å². The fourth-order valence-electron chi connectivity index (χ4n) is 1.65. The van der Waals surface area contributed by atoms with Crippen LogP contribution in [-0.4, -0.2) is 18.3 Å². The van der Waals surface area contributed by atoms with Crippen molar-refractivity contribution >= 4 is 95.6 Å². The van der Waals surface area contributed by atoms with Crippen molar-refractivity contribution in [1.82, 2.24) is 0 Å². The van der Waals surface area contributed by atoms with Crippen LogP contribution >= 0.6 is 95.6 Å². The second-order valence-corrected chi connectivity index (χ2v) is 9.35. The van der Waals surface area contributed by atoms with Gasteiger partial charge in [-0.1, -0.05) is 15.9 Å². The van der Waals surface area contributed by atoms with Gasteiger partial charge in [-0.25, -0.2) is 0 Å². The Labute approximate surface area is 183 Å². The molecule has 0 heterocycles. The molecular formula is C14H8Br6O3. The third kappa shape index (κ3) is 5.10. The molecule has 0 spiro atoms. The summed E-state index contributed by atoms with van der Waals surface area (Å²) in [7, 11) is 0. The Kier molecular flexibility index (Phi) is 7.75. The lowest BCUT2D eigenvalue weighted by Gasteiger charge is -2.14. The van der Waals surface area contributed by atoms with Gasteiger partial charge in [0.2, 0.25) is 0 Å². The maximum absolute atomic E-state index is 9.90. The molecule has 0 atom stereocenters. The van der Waals surface area contributed by atoms with Gasteiger partial charge >= 0.3 is 0 Å². The van der Waals surface area contributed by atoms with E-state index in [9.17, 15) is 5.11 Å². The molecule has 0 saturated heterocycles. The Morgan fingerprint density at radius 2 is 1.17 bits per heavy atom. The van der Waals surface area contributed by atoms with Crippen LogP contribution in [0.25, 0.3) is 0 Å². The lowest BCUT2D eigenvalue weighted by molar-refractivity contribution is 0.213. The SMILES string of the molecule is Oc1c(Br)cc(Br)c(OCCOc2c(Br)cc(Br)cc2Br)c1Br. The topological polar surface area (TPSA) is 38.7 Å². The van der Waals surface area contributed by atoms with E-state index in [1.807, 2.05) is 12.1 Å². The Hall–Kier alpha value is 0.720. The molecule has 0 aliphatic rings. The lowest BCUT2D eigenvalue weighted by Crippen LogP contribution is -2.10. The number of halogens is 6. The zero-order valence-electron chi connectivity index (χ0n) is 11.2. The van der Waals surface area contributed by atoms with Crippen molar-refractivity contribution in [2.45, 2.75) is 0 Å². The first-order chi connectivity index (χ1) is 10.8. The summed E-state index contributed by atoms with van der Waals surface area (Å²) in [5.74, 6) is 1.30. The minimum Gasteiger partial charge on any atom is -0.505 e. The molecule has 0 aliphatic heterocycles. The number of aromatic hydroxyl groups is 1. The summed E-state index contributed by atoms with van der Waals surface area (Å²) >= 11 is 20.3. The van der Waals surface area contributed by atoms with Crippen LogP contribution in [0.4, 0.5) is 0 Å². The van der Waals surface area contributed by atoms with Gasteiger partial charge < -0.3 is 14.6 Å². The zero-order chi connectivity index (χ0) is 17.1. The summed E-state index contributed by atoms with van der Waals surface area (Å²) in [6, 6.07) is 5.53. The molecule has 23 heavy (non-hydrogen) atoms.